The van der Waals surface area contributed by atoms with Crippen LogP contribution in [0, 0.1) is 95.5 Å². The van der Waals surface area contributed by atoms with E-state index in [-0.39, 0.29) is 123 Å². The van der Waals surface area contributed by atoms with Gasteiger partial charge in [0.2, 0.25) is 0 Å². The monoisotopic (exact) mass is 1650 g/mol. The number of benzene rings is 2. The molecule has 27 heteroatoms. The number of fused-ring (bicyclic) bond motifs is 5. The number of rotatable bonds is 34. The molecule has 2 aromatic carbocycles. The van der Waals surface area contributed by atoms with Gasteiger partial charge in [-0.1, -0.05) is 102 Å². The fourth-order valence-corrected chi connectivity index (χ4v) is 17.6. The number of ether oxygens (including phenoxy) is 12. The Labute approximate surface area is 694 Å². The second-order valence-electron chi connectivity index (χ2n) is 31.3. The maximum atomic E-state index is 12.9. The maximum absolute atomic E-state index is 12.9. The van der Waals surface area contributed by atoms with Crippen LogP contribution in [0.4, 0.5) is 8.78 Å². The molecule has 25 nitrogen and oxygen atoms in total. The molecule has 0 aromatic heterocycles. The van der Waals surface area contributed by atoms with Crippen LogP contribution in [0.5, 0.6) is 0 Å². The van der Waals surface area contributed by atoms with E-state index >= 15 is 0 Å². The molecule has 5 saturated heterocycles. The highest BCUT2D eigenvalue weighted by Gasteiger charge is 2.67. The Hall–Kier alpha value is -4.46. The Morgan fingerprint density at radius 1 is 0.319 bits per heavy atom. The van der Waals surface area contributed by atoms with Gasteiger partial charge in [0.25, 0.3) is 0 Å². The molecule has 664 valence electrons. The van der Waals surface area contributed by atoms with E-state index in [9.17, 15) is 49.6 Å². The molecule has 12 rings (SSSR count). The minimum absolute atomic E-state index is 0. The number of hydrogen-bond acceptors (Lipinski definition) is 25. The maximum Gasteiger partial charge on any atom is 0.146 e. The Morgan fingerprint density at radius 3 is 0.871 bits per heavy atom. The Morgan fingerprint density at radius 2 is 0.578 bits per heavy atom. The number of halogens is 2. The van der Waals surface area contributed by atoms with Crippen LogP contribution in [0.2, 0.25) is 0 Å². The molecule has 0 spiro atoms. The van der Waals surface area contributed by atoms with Gasteiger partial charge in [0, 0.05) is 97.6 Å². The number of methoxy groups -OCH3 is 6. The zero-order valence-electron chi connectivity index (χ0n) is 67.2. The highest BCUT2D eigenvalue weighted by atomic mass is 19.1. The molecule has 5 aliphatic heterocycles. The Bertz CT molecular complexity index is 3210. The van der Waals surface area contributed by atoms with Crippen LogP contribution >= 0.6 is 0 Å². The third-order valence-corrected chi connectivity index (χ3v) is 24.3. The minimum Gasteiger partial charge on any atom is -0.389 e. The summed E-state index contributed by atoms with van der Waals surface area (Å²) in [5.41, 5.74) is 1.64. The van der Waals surface area contributed by atoms with Crippen LogP contribution in [0.1, 0.15) is 167 Å². The molecular weight excluding hydrogens is 1500 g/mol. The summed E-state index contributed by atoms with van der Waals surface area (Å²) >= 11 is 0. The third-order valence-electron chi connectivity index (χ3n) is 24.3. The molecule has 5 saturated carbocycles. The zero-order valence-corrected chi connectivity index (χ0v) is 67.2. The van der Waals surface area contributed by atoms with E-state index in [1.165, 1.54) is 24.3 Å². The van der Waals surface area contributed by atoms with Gasteiger partial charge < -0.3 is 103 Å². The van der Waals surface area contributed by atoms with E-state index < -0.39 is 48.8 Å². The van der Waals surface area contributed by atoms with E-state index in [0.717, 1.165) is 101 Å². The predicted molar refractivity (Wildman–Crippen MR) is 445 cm³/mol. The van der Waals surface area contributed by atoms with Crippen LogP contribution in [0.25, 0.3) is 0 Å². The predicted octanol–water partition coefficient (Wildman–Crippen LogP) is 7.70. The lowest BCUT2D eigenvalue weighted by atomic mass is 9.78. The lowest BCUT2D eigenvalue weighted by molar-refractivity contribution is -0.183. The Balaban J connectivity index is 0.000000377. The molecule has 0 bridgehead atoms. The molecule has 0 radical (unpaired) electrons. The first kappa shape index (κ1) is 106. The standard InChI is InChI=1S/C24H34FNO4.C18H22FNO4.C18H31NO4.C12H23NO4.C12H19NO4.5CH4/c1-17-18(2)23(29-15-27-3)24(30-16-28-4)22-21(17)26(22)14-8-6-5-7-9-19-10-12-20(25)13-11-19;19-12-8-6-11(7-9-12)5-3-1-2-4-10-20-13-14(20)16(22)18(24)17(23)15(13)21;1-6-7-8-9-10-19-15-13(2)14(3)17(22-11-20-4)18(16(15)19)23-12-21-5;1-7-8(2)11(16-5-14-3)12(17-6-15-4)10-9(7)13-10;1-2-3-4-5-6-13-7-8(13)10(15)12(17)11(16)9(7)14;;;;;/h10-13,17-18,21-24H,5-6,8,14-16H2,1-4H3;6-9,13-18,21-24H,1-2,4,10H2;1,13-18H,7-12H2,2-5H3;7-13H,5-6H2,1-4H3;1,7-12,14-17H,3-6H2;5*1H4/t17?,18?,21-,22-,23?,24?,26?;13-,14+,15?,16?,17?,18?,20?;13?,14?,15-,16-,17?,18?,19?;7?,8?,9-,10-,11?,12?;7-,8+,9?,10?,11?,12?,13?;;;;;/m0.00....../s1. The SMILES string of the molecule is C.C.C.C.C.C#CCCCCN1[C@@H]2C(O)C(O)C(O)C(O)[C@@H]21.C#CCCCCN1[C@@H]2C(OCOC)C(OCOC)C(C)C(C)[C@@H]21.COCOC1C(C)C(C)[C@@H]2N[C@@H]2C1OCOC.COCOC1C(C)C(C)[C@H]2[C@@H](C1OCOC)N2CCCCC#Cc1ccc(F)cc1.OC1C(O)C(O)[C@H]2[C@@H](C1O)N2CCCCC#Cc1ccc(F)cc1. The van der Waals surface area contributed by atoms with Gasteiger partial charge in [-0.3, -0.25) is 19.6 Å². The molecule has 34 atom stereocenters. The van der Waals surface area contributed by atoms with Gasteiger partial charge in [0.1, 0.15) is 95.1 Å². The van der Waals surface area contributed by atoms with Crippen molar-refractivity contribution in [1.29, 1.82) is 0 Å². The number of nitrogens with zero attached hydrogens (tertiary/aromatic N) is 4. The first-order chi connectivity index (χ1) is 53.5. The van der Waals surface area contributed by atoms with Crippen molar-refractivity contribution in [1.82, 2.24) is 24.9 Å². The molecule has 116 heavy (non-hydrogen) atoms. The number of likely N-dealkylation sites (tertiary alicyclic amines) is 4. The van der Waals surface area contributed by atoms with Crippen LogP contribution in [-0.2, 0) is 56.8 Å². The molecule has 2 aromatic rings. The fourth-order valence-electron chi connectivity index (χ4n) is 17.6. The van der Waals surface area contributed by atoms with E-state index in [2.05, 4.69) is 92.2 Å². The molecule has 24 unspecified atom stereocenters. The van der Waals surface area contributed by atoms with Crippen molar-refractivity contribution in [2.45, 2.75) is 302 Å². The van der Waals surface area contributed by atoms with Crippen LogP contribution < -0.4 is 5.32 Å². The summed E-state index contributed by atoms with van der Waals surface area (Å²) in [7, 11) is 9.88. The number of nitrogens with one attached hydrogen (secondary N) is 1. The smallest absolute Gasteiger partial charge is 0.146 e. The summed E-state index contributed by atoms with van der Waals surface area (Å²) < 4.78 is 91.8. The van der Waals surface area contributed by atoms with Crippen LogP contribution in [-0.4, -0.2) is 316 Å². The first-order valence-electron chi connectivity index (χ1n) is 39.8. The zero-order chi connectivity index (χ0) is 80.6. The van der Waals surface area contributed by atoms with Crippen molar-refractivity contribution in [3.63, 3.8) is 0 Å². The van der Waals surface area contributed by atoms with Crippen molar-refractivity contribution in [2.75, 3.05) is 110 Å². The summed E-state index contributed by atoms with van der Waals surface area (Å²) in [5.74, 6) is 20.0. The number of unbranched alkanes of at least 4 members (excludes halogenated alkanes) is 8. The minimum atomic E-state index is -1.30. The summed E-state index contributed by atoms with van der Waals surface area (Å²) in [6.07, 6.45) is 12.5. The molecule has 9 N–H and O–H groups in total. The molecule has 5 aliphatic carbocycles. The number of terminal acetylenes is 2. The van der Waals surface area contributed by atoms with Gasteiger partial charge in [0.05, 0.1) is 85.0 Å². The molecular formula is C89H149F2N5O20. The summed E-state index contributed by atoms with van der Waals surface area (Å²) in [6.45, 7) is 18.9. The highest BCUT2D eigenvalue weighted by Crippen LogP contribution is 2.51. The van der Waals surface area contributed by atoms with Gasteiger partial charge in [-0.05, 0) is 162 Å². The molecule has 0 amide bonds. The lowest BCUT2D eigenvalue weighted by Crippen LogP contribution is -2.53. The summed E-state index contributed by atoms with van der Waals surface area (Å²) in [6, 6.07) is 14.2. The van der Waals surface area contributed by atoms with E-state index in [4.69, 9.17) is 69.7 Å². The number of hydrogen-bond donors (Lipinski definition) is 9. The van der Waals surface area contributed by atoms with Crippen LogP contribution in [0.15, 0.2) is 48.5 Å². The molecule has 10 fully saturated rings. The normalized spacial score (nSPS) is 37.3. The topological polar surface area (TPSA) is 307 Å². The first-order valence-corrected chi connectivity index (χ1v) is 39.8. The van der Waals surface area contributed by atoms with E-state index in [1.54, 1.807) is 66.9 Å². The second-order valence-corrected chi connectivity index (χ2v) is 31.3. The van der Waals surface area contributed by atoms with E-state index in [0.29, 0.717) is 112 Å². The van der Waals surface area contributed by atoms with Crippen molar-refractivity contribution in [2.24, 2.45) is 35.5 Å². The van der Waals surface area contributed by atoms with E-state index in [1.807, 2.05) is 9.80 Å². The number of aliphatic hydroxyl groups is 8. The second kappa shape index (κ2) is 52.8. The average Bonchev–Trinajstić information content (AvgIpc) is 1.58. The lowest BCUT2D eigenvalue weighted by Gasteiger charge is -2.37. The summed E-state index contributed by atoms with van der Waals surface area (Å²) in [5, 5.41) is 81.2. The average molecular weight is 1650 g/mol. The molecule has 5 heterocycles. The third kappa shape index (κ3) is 27.8. The van der Waals surface area contributed by atoms with Gasteiger partial charge in [-0.15, -0.1) is 24.7 Å². The quantitative estimate of drug-likeness (QED) is 0.0140. The van der Waals surface area contributed by atoms with Gasteiger partial charge in [0.15, 0.2) is 0 Å². The van der Waals surface area contributed by atoms with Crippen molar-refractivity contribution >= 4 is 0 Å². The molecule has 10 aliphatic rings. The summed E-state index contributed by atoms with van der Waals surface area (Å²) in [4.78, 5) is 8.94. The van der Waals surface area contributed by atoms with Gasteiger partial charge in [-0.2, -0.15) is 0 Å². The highest BCUT2D eigenvalue weighted by molar-refractivity contribution is 5.35. The van der Waals surface area contributed by atoms with Gasteiger partial charge >= 0.3 is 0 Å². The largest absolute Gasteiger partial charge is 0.389 e. The van der Waals surface area contributed by atoms with Crippen LogP contribution in [0.3, 0.4) is 0 Å². The van der Waals surface area contributed by atoms with Gasteiger partial charge in [-0.25, -0.2) is 8.78 Å². The fraction of sp³-hybridized carbons (Fsp3) is 0.775. The van der Waals surface area contributed by atoms with Crippen molar-refractivity contribution < 1.29 is 106 Å². The van der Waals surface area contributed by atoms with Crippen molar-refractivity contribution in [3.05, 3.63) is 71.3 Å². The number of aliphatic hydroxyl groups excluding tert-OH is 8. The van der Waals surface area contributed by atoms with Crippen molar-refractivity contribution in [3.8, 4) is 48.4 Å². The Kier molecular flexibility index (Phi) is 48.1.